The van der Waals surface area contributed by atoms with Gasteiger partial charge in [-0.1, -0.05) is 25.4 Å². The molecule has 1 aromatic carbocycles. The van der Waals surface area contributed by atoms with Gasteiger partial charge in [-0.15, -0.1) is 0 Å². The molecule has 4 nitrogen and oxygen atoms in total. The van der Waals surface area contributed by atoms with Gasteiger partial charge in [0, 0.05) is 17.1 Å². The van der Waals surface area contributed by atoms with Crippen LogP contribution in [0.2, 0.25) is 5.02 Å². The van der Waals surface area contributed by atoms with E-state index < -0.39 is 11.4 Å². The summed E-state index contributed by atoms with van der Waals surface area (Å²) in [5.74, 6) is -1.07. The zero-order chi connectivity index (χ0) is 14.5. The normalized spacial score (nSPS) is 13.6. The van der Waals surface area contributed by atoms with Crippen molar-refractivity contribution in [3.05, 3.63) is 29.3 Å². The summed E-state index contributed by atoms with van der Waals surface area (Å²) in [6.07, 6.45) is 0.795. The molecule has 19 heavy (non-hydrogen) atoms. The summed E-state index contributed by atoms with van der Waals surface area (Å²) in [6, 6.07) is 6.79. The summed E-state index contributed by atoms with van der Waals surface area (Å²) >= 11 is 5.76. The van der Waals surface area contributed by atoms with Crippen molar-refractivity contribution in [2.24, 2.45) is 5.41 Å². The van der Waals surface area contributed by atoms with Crippen molar-refractivity contribution in [2.75, 3.05) is 5.32 Å². The van der Waals surface area contributed by atoms with Crippen LogP contribution in [0.25, 0.3) is 0 Å². The first-order valence-corrected chi connectivity index (χ1v) is 6.50. The Kier molecular flexibility index (Phi) is 5.36. The van der Waals surface area contributed by atoms with Gasteiger partial charge in [-0.25, -0.2) is 0 Å². The van der Waals surface area contributed by atoms with E-state index in [2.05, 4.69) is 5.32 Å². The summed E-state index contributed by atoms with van der Waals surface area (Å²) in [5.41, 5.74) is 0.130. The highest BCUT2D eigenvalue weighted by atomic mass is 35.5. The topological polar surface area (TPSA) is 66.4 Å². The lowest BCUT2D eigenvalue weighted by atomic mass is 9.80. The number of halogens is 1. The van der Waals surface area contributed by atoms with E-state index in [4.69, 9.17) is 16.7 Å². The van der Waals surface area contributed by atoms with E-state index in [9.17, 15) is 9.59 Å². The van der Waals surface area contributed by atoms with E-state index in [-0.39, 0.29) is 18.7 Å². The standard InChI is InChI=1S/C14H18ClNO3/c1-3-14(2,9-13(18)19)8-12(17)16-11-6-4-10(15)5-7-11/h4-7H,3,8-9H2,1-2H3,(H,16,17)(H,18,19)/t14-/m1/s1. The minimum Gasteiger partial charge on any atom is -0.481 e. The fourth-order valence-corrected chi connectivity index (χ4v) is 1.93. The predicted molar refractivity (Wildman–Crippen MR) is 75.3 cm³/mol. The number of carbonyl (C=O) groups is 2. The number of carboxylic acids is 1. The Morgan fingerprint density at radius 3 is 2.32 bits per heavy atom. The minimum atomic E-state index is -0.886. The Labute approximate surface area is 117 Å². The molecule has 0 heterocycles. The molecule has 104 valence electrons. The highest BCUT2D eigenvalue weighted by molar-refractivity contribution is 6.30. The lowest BCUT2D eigenvalue weighted by Gasteiger charge is -2.25. The average Bonchev–Trinajstić information content (AvgIpc) is 2.31. The highest BCUT2D eigenvalue weighted by Gasteiger charge is 2.28. The number of benzene rings is 1. The van der Waals surface area contributed by atoms with Crippen LogP contribution in [0.1, 0.15) is 33.1 Å². The molecule has 0 bridgehead atoms. The SMILES string of the molecule is CC[C@@](C)(CC(=O)O)CC(=O)Nc1ccc(Cl)cc1. The van der Waals surface area contributed by atoms with Crippen molar-refractivity contribution in [1.82, 2.24) is 0 Å². The largest absolute Gasteiger partial charge is 0.481 e. The van der Waals surface area contributed by atoms with Gasteiger partial charge in [0.25, 0.3) is 0 Å². The van der Waals surface area contributed by atoms with Crippen LogP contribution < -0.4 is 5.32 Å². The number of aliphatic carboxylic acids is 1. The average molecular weight is 284 g/mol. The molecule has 0 aliphatic heterocycles. The van der Waals surface area contributed by atoms with Crippen LogP contribution in [0.15, 0.2) is 24.3 Å². The first-order valence-electron chi connectivity index (χ1n) is 6.12. The highest BCUT2D eigenvalue weighted by Crippen LogP contribution is 2.30. The van der Waals surface area contributed by atoms with E-state index in [1.807, 2.05) is 13.8 Å². The Hall–Kier alpha value is -1.55. The summed E-state index contributed by atoms with van der Waals surface area (Å²) < 4.78 is 0. The monoisotopic (exact) mass is 283 g/mol. The van der Waals surface area contributed by atoms with Crippen LogP contribution in [-0.2, 0) is 9.59 Å². The van der Waals surface area contributed by atoms with E-state index in [0.29, 0.717) is 17.1 Å². The maximum absolute atomic E-state index is 11.9. The van der Waals surface area contributed by atoms with Crippen LogP contribution in [0.5, 0.6) is 0 Å². The second-order valence-corrected chi connectivity index (χ2v) is 5.40. The number of carboxylic acid groups (broad SMARTS) is 1. The summed E-state index contributed by atoms with van der Waals surface area (Å²) in [5, 5.41) is 12.2. The summed E-state index contributed by atoms with van der Waals surface area (Å²) in [7, 11) is 0. The molecule has 0 unspecified atom stereocenters. The molecule has 1 amide bonds. The Morgan fingerprint density at radius 1 is 1.26 bits per heavy atom. The fourth-order valence-electron chi connectivity index (χ4n) is 1.80. The second kappa shape index (κ2) is 6.57. The number of anilines is 1. The molecule has 1 atom stereocenters. The van der Waals surface area contributed by atoms with E-state index in [0.717, 1.165) is 0 Å². The Bertz CT molecular complexity index is 458. The summed E-state index contributed by atoms with van der Waals surface area (Å²) in [6.45, 7) is 3.70. The Morgan fingerprint density at radius 2 is 1.84 bits per heavy atom. The predicted octanol–water partition coefficient (Wildman–Crippen LogP) is 3.56. The van der Waals surface area contributed by atoms with E-state index in [1.54, 1.807) is 24.3 Å². The van der Waals surface area contributed by atoms with Gasteiger partial charge < -0.3 is 10.4 Å². The molecule has 1 aromatic rings. The third-order valence-electron chi connectivity index (χ3n) is 3.15. The molecule has 1 rings (SSSR count). The number of nitrogens with one attached hydrogen (secondary N) is 1. The summed E-state index contributed by atoms with van der Waals surface area (Å²) in [4.78, 5) is 22.7. The number of hydrogen-bond acceptors (Lipinski definition) is 2. The van der Waals surface area contributed by atoms with Crippen LogP contribution in [-0.4, -0.2) is 17.0 Å². The molecular weight excluding hydrogens is 266 g/mol. The maximum atomic E-state index is 11.9. The Balaban J connectivity index is 2.63. The third kappa shape index (κ3) is 5.30. The molecule has 0 aliphatic carbocycles. The quantitative estimate of drug-likeness (QED) is 0.839. The van der Waals surface area contributed by atoms with Crippen molar-refractivity contribution in [3.8, 4) is 0 Å². The molecule has 0 radical (unpaired) electrons. The smallest absolute Gasteiger partial charge is 0.303 e. The van der Waals surface area contributed by atoms with Gasteiger partial charge in [0.1, 0.15) is 0 Å². The van der Waals surface area contributed by atoms with Gasteiger partial charge in [0.2, 0.25) is 5.91 Å². The molecule has 0 fully saturated rings. The molecule has 0 aromatic heterocycles. The van der Waals surface area contributed by atoms with Gasteiger partial charge in [0.05, 0.1) is 6.42 Å². The van der Waals surface area contributed by atoms with Gasteiger partial charge in [0.15, 0.2) is 0 Å². The lowest BCUT2D eigenvalue weighted by Crippen LogP contribution is -2.27. The second-order valence-electron chi connectivity index (χ2n) is 4.97. The third-order valence-corrected chi connectivity index (χ3v) is 3.40. The number of amides is 1. The fraction of sp³-hybridized carbons (Fsp3) is 0.429. The van der Waals surface area contributed by atoms with Gasteiger partial charge in [-0.2, -0.15) is 0 Å². The first kappa shape index (κ1) is 15.5. The number of hydrogen-bond donors (Lipinski definition) is 2. The first-order chi connectivity index (χ1) is 8.84. The van der Waals surface area contributed by atoms with Crippen molar-refractivity contribution < 1.29 is 14.7 Å². The molecule has 0 saturated carbocycles. The number of carbonyl (C=O) groups excluding carboxylic acids is 1. The van der Waals surface area contributed by atoms with Crippen LogP contribution in [0.4, 0.5) is 5.69 Å². The number of rotatable bonds is 6. The van der Waals surface area contributed by atoms with Crippen LogP contribution in [0.3, 0.4) is 0 Å². The zero-order valence-corrected chi connectivity index (χ0v) is 11.8. The van der Waals surface area contributed by atoms with Gasteiger partial charge >= 0.3 is 5.97 Å². The molecule has 5 heteroatoms. The molecule has 2 N–H and O–H groups in total. The van der Waals surface area contributed by atoms with Crippen LogP contribution >= 0.6 is 11.6 Å². The maximum Gasteiger partial charge on any atom is 0.303 e. The van der Waals surface area contributed by atoms with Crippen LogP contribution in [0, 0.1) is 5.41 Å². The van der Waals surface area contributed by atoms with E-state index >= 15 is 0 Å². The van der Waals surface area contributed by atoms with E-state index in [1.165, 1.54) is 0 Å². The molecule has 0 saturated heterocycles. The van der Waals surface area contributed by atoms with Crippen molar-refractivity contribution in [2.45, 2.75) is 33.1 Å². The minimum absolute atomic E-state index is 0.0163. The van der Waals surface area contributed by atoms with Gasteiger partial charge in [-0.05, 0) is 36.1 Å². The molecule has 0 aliphatic rings. The lowest BCUT2D eigenvalue weighted by molar-refractivity contribution is -0.140. The van der Waals surface area contributed by atoms with Crippen molar-refractivity contribution >= 4 is 29.2 Å². The van der Waals surface area contributed by atoms with Gasteiger partial charge in [-0.3, -0.25) is 9.59 Å². The van der Waals surface area contributed by atoms with Crippen molar-refractivity contribution in [3.63, 3.8) is 0 Å². The molecule has 0 spiro atoms. The van der Waals surface area contributed by atoms with Crippen molar-refractivity contribution in [1.29, 1.82) is 0 Å². The molecular formula is C14H18ClNO3. The zero-order valence-electron chi connectivity index (χ0n) is 11.1.